The fourth-order valence-electron chi connectivity index (χ4n) is 5.70. The van der Waals surface area contributed by atoms with Crippen LogP contribution in [0.2, 0.25) is 0 Å². The molecule has 1 fully saturated rings. The van der Waals surface area contributed by atoms with E-state index in [-0.39, 0.29) is 11.2 Å². The minimum Gasteiger partial charge on any atom is -0.435 e. The van der Waals surface area contributed by atoms with Crippen LogP contribution >= 0.6 is 0 Å². The maximum atomic E-state index is 12.7. The van der Waals surface area contributed by atoms with Crippen LogP contribution in [-0.4, -0.2) is 45.5 Å². The maximum absolute atomic E-state index is 12.7. The monoisotopic (exact) mass is 556 g/mol. The van der Waals surface area contributed by atoms with Crippen molar-refractivity contribution in [2.24, 2.45) is 5.73 Å². The molecular formula is C31H30F2N6O2. The highest BCUT2D eigenvalue weighted by molar-refractivity contribution is 5.95. The number of rotatable bonds is 7. The summed E-state index contributed by atoms with van der Waals surface area (Å²) in [5, 5.41) is 0. The number of ether oxygens (including phenoxy) is 1. The number of nitrogens with one attached hydrogen (secondary N) is 1. The fourth-order valence-corrected chi connectivity index (χ4v) is 5.70. The summed E-state index contributed by atoms with van der Waals surface area (Å²) >= 11 is 0. The molecule has 3 N–H and O–H groups in total. The van der Waals surface area contributed by atoms with E-state index < -0.39 is 12.5 Å². The molecule has 0 bridgehead atoms. The molecule has 41 heavy (non-hydrogen) atoms. The number of piperidine rings is 1. The fraction of sp³-hybridized carbons (Fsp3) is 0.290. The Bertz CT molecular complexity index is 1640. The summed E-state index contributed by atoms with van der Waals surface area (Å²) in [5.74, 6) is 1.48. The third kappa shape index (κ3) is 5.17. The van der Waals surface area contributed by atoms with Gasteiger partial charge in [0.25, 0.3) is 0 Å². The zero-order chi connectivity index (χ0) is 28.7. The van der Waals surface area contributed by atoms with Gasteiger partial charge in [0.15, 0.2) is 0 Å². The Morgan fingerprint density at radius 3 is 2.56 bits per heavy atom. The first kappa shape index (κ1) is 26.6. The molecule has 2 aromatic heterocycles. The molecule has 0 atom stereocenters. The third-order valence-corrected chi connectivity index (χ3v) is 8.12. The van der Waals surface area contributed by atoms with Crippen molar-refractivity contribution >= 4 is 23.4 Å². The molecule has 3 heterocycles. The third-order valence-electron chi connectivity index (χ3n) is 8.12. The van der Waals surface area contributed by atoms with Gasteiger partial charge in [-0.3, -0.25) is 4.79 Å². The SMILES string of the molecule is Cc1[nH]c(C2(C)CCN(c3ncnc4c3C=C(c3ccc(C(N)=O)cc3)C4)CC2)nc1-c1cccc(OC(F)F)c1. The van der Waals surface area contributed by atoms with E-state index in [0.717, 1.165) is 76.9 Å². The Balaban J connectivity index is 1.19. The number of hydrogen-bond donors (Lipinski definition) is 2. The molecule has 8 nitrogen and oxygen atoms in total. The molecule has 0 spiro atoms. The zero-order valence-electron chi connectivity index (χ0n) is 22.8. The number of aromatic amines is 1. The largest absolute Gasteiger partial charge is 0.435 e. The van der Waals surface area contributed by atoms with Crippen molar-refractivity contribution in [3.8, 4) is 17.0 Å². The van der Waals surface area contributed by atoms with Gasteiger partial charge in [-0.15, -0.1) is 0 Å². The van der Waals surface area contributed by atoms with Crippen LogP contribution in [0.15, 0.2) is 54.9 Å². The van der Waals surface area contributed by atoms with Crippen LogP contribution in [0.5, 0.6) is 5.75 Å². The normalized spacial score (nSPS) is 16.0. The van der Waals surface area contributed by atoms with Crippen LogP contribution < -0.4 is 15.4 Å². The predicted octanol–water partition coefficient (Wildman–Crippen LogP) is 5.53. The molecule has 0 unspecified atom stereocenters. The second kappa shape index (κ2) is 10.4. The number of anilines is 1. The van der Waals surface area contributed by atoms with E-state index >= 15 is 0 Å². The molecule has 4 aromatic rings. The molecule has 0 radical (unpaired) electrons. The molecule has 210 valence electrons. The van der Waals surface area contributed by atoms with E-state index in [1.54, 1.807) is 30.6 Å². The number of H-pyrrole nitrogens is 1. The highest BCUT2D eigenvalue weighted by Gasteiger charge is 2.36. The van der Waals surface area contributed by atoms with Crippen molar-refractivity contribution in [2.45, 2.75) is 45.1 Å². The number of halogens is 2. The number of nitrogens with two attached hydrogens (primary N) is 1. The Labute approximate surface area is 236 Å². The van der Waals surface area contributed by atoms with Crippen LogP contribution in [0.3, 0.4) is 0 Å². The molecule has 1 aliphatic carbocycles. The molecular weight excluding hydrogens is 526 g/mol. The molecule has 10 heteroatoms. The first-order valence-corrected chi connectivity index (χ1v) is 13.5. The van der Waals surface area contributed by atoms with Crippen molar-refractivity contribution in [3.05, 3.63) is 88.8 Å². The van der Waals surface area contributed by atoms with Gasteiger partial charge in [0.05, 0.1) is 11.4 Å². The Morgan fingerprint density at radius 2 is 1.85 bits per heavy atom. The van der Waals surface area contributed by atoms with E-state index in [4.69, 9.17) is 10.7 Å². The lowest BCUT2D eigenvalue weighted by Crippen LogP contribution is -2.42. The van der Waals surface area contributed by atoms with Crippen LogP contribution in [0.4, 0.5) is 14.6 Å². The molecule has 1 amide bonds. The first-order valence-electron chi connectivity index (χ1n) is 13.5. The van der Waals surface area contributed by atoms with E-state index in [2.05, 4.69) is 37.6 Å². The quantitative estimate of drug-likeness (QED) is 0.310. The molecule has 2 aliphatic rings. The van der Waals surface area contributed by atoms with Gasteiger partial charge in [0, 0.05) is 47.3 Å². The number of hydrogen-bond acceptors (Lipinski definition) is 6. The number of fused-ring (bicyclic) bond motifs is 1. The summed E-state index contributed by atoms with van der Waals surface area (Å²) < 4.78 is 30.0. The number of allylic oxidation sites excluding steroid dienone is 1. The number of carbonyl (C=O) groups is 1. The lowest BCUT2D eigenvalue weighted by molar-refractivity contribution is -0.0498. The number of carbonyl (C=O) groups excluding carboxylic acids is 1. The molecule has 1 aliphatic heterocycles. The van der Waals surface area contributed by atoms with Crippen molar-refractivity contribution in [1.82, 2.24) is 19.9 Å². The summed E-state index contributed by atoms with van der Waals surface area (Å²) in [6.07, 6.45) is 6.19. The van der Waals surface area contributed by atoms with Crippen LogP contribution in [0, 0.1) is 6.92 Å². The topological polar surface area (TPSA) is 110 Å². The van der Waals surface area contributed by atoms with Gasteiger partial charge in [-0.2, -0.15) is 8.78 Å². The number of imidazole rings is 1. The first-order chi connectivity index (χ1) is 19.7. The van der Waals surface area contributed by atoms with Crippen molar-refractivity contribution < 1.29 is 18.3 Å². The van der Waals surface area contributed by atoms with Crippen molar-refractivity contribution in [2.75, 3.05) is 18.0 Å². The number of aryl methyl sites for hydroxylation is 1. The smallest absolute Gasteiger partial charge is 0.387 e. The number of benzene rings is 2. The molecule has 2 aromatic carbocycles. The van der Waals surface area contributed by atoms with Crippen molar-refractivity contribution in [1.29, 1.82) is 0 Å². The number of primary amides is 1. The number of aromatic nitrogens is 4. The number of alkyl halides is 2. The number of amides is 1. The minimum atomic E-state index is -2.88. The minimum absolute atomic E-state index is 0.109. The summed E-state index contributed by atoms with van der Waals surface area (Å²) in [7, 11) is 0. The Kier molecular flexibility index (Phi) is 6.76. The second-order valence-corrected chi connectivity index (χ2v) is 10.9. The second-order valence-electron chi connectivity index (χ2n) is 10.9. The van der Waals surface area contributed by atoms with Gasteiger partial charge in [0.2, 0.25) is 5.91 Å². The zero-order valence-corrected chi connectivity index (χ0v) is 22.8. The summed E-state index contributed by atoms with van der Waals surface area (Å²) in [6.45, 7) is 2.87. The van der Waals surface area contributed by atoms with E-state index in [1.165, 1.54) is 6.07 Å². The van der Waals surface area contributed by atoms with Gasteiger partial charge in [-0.25, -0.2) is 15.0 Å². The van der Waals surface area contributed by atoms with Crippen molar-refractivity contribution in [3.63, 3.8) is 0 Å². The van der Waals surface area contributed by atoms with E-state index in [1.807, 2.05) is 25.1 Å². The standard InChI is InChI=1S/C31H30F2N6O2/c1-18-26(21-4-3-5-23(14-21)41-30(32)33)38-29(37-18)31(2)10-12-39(13-11-31)28-24-15-22(16-25(24)35-17-36-28)19-6-8-20(9-7-19)27(34)40/h3-9,14-15,17,30H,10-13,16H2,1-2H3,(H2,34,40)(H,37,38). The van der Waals surface area contributed by atoms with Crippen LogP contribution in [0.25, 0.3) is 22.9 Å². The van der Waals surface area contributed by atoms with Gasteiger partial charge < -0.3 is 20.4 Å². The van der Waals surface area contributed by atoms with Gasteiger partial charge in [0.1, 0.15) is 23.7 Å². The predicted molar refractivity (Wildman–Crippen MR) is 153 cm³/mol. The average Bonchev–Trinajstić information content (AvgIpc) is 3.58. The summed E-state index contributed by atoms with van der Waals surface area (Å²) in [5.41, 5.74) is 12.2. The van der Waals surface area contributed by atoms with E-state index in [0.29, 0.717) is 12.0 Å². The summed E-state index contributed by atoms with van der Waals surface area (Å²) in [4.78, 5) is 31.4. The van der Waals surface area contributed by atoms with Crippen LogP contribution in [-0.2, 0) is 11.8 Å². The van der Waals surface area contributed by atoms with Gasteiger partial charge in [-0.1, -0.05) is 31.2 Å². The Morgan fingerprint density at radius 1 is 1.10 bits per heavy atom. The average molecular weight is 557 g/mol. The highest BCUT2D eigenvalue weighted by Crippen LogP contribution is 2.40. The number of nitrogens with zero attached hydrogens (tertiary/aromatic N) is 4. The van der Waals surface area contributed by atoms with Gasteiger partial charge in [-0.05, 0) is 61.2 Å². The van der Waals surface area contributed by atoms with Crippen LogP contribution in [0.1, 0.15) is 58.5 Å². The molecule has 1 saturated heterocycles. The molecule has 0 saturated carbocycles. The highest BCUT2D eigenvalue weighted by atomic mass is 19.3. The molecule has 6 rings (SSSR count). The summed E-state index contributed by atoms with van der Waals surface area (Å²) in [6, 6.07) is 14.0. The van der Waals surface area contributed by atoms with E-state index in [9.17, 15) is 13.6 Å². The lowest BCUT2D eigenvalue weighted by atomic mass is 9.79. The maximum Gasteiger partial charge on any atom is 0.387 e. The lowest BCUT2D eigenvalue weighted by Gasteiger charge is -2.39. The van der Waals surface area contributed by atoms with Gasteiger partial charge >= 0.3 is 6.61 Å². The Hall–Kier alpha value is -4.60.